The van der Waals surface area contributed by atoms with Crippen molar-refractivity contribution in [2.24, 2.45) is 5.73 Å². The molecule has 0 bridgehead atoms. The Kier molecular flexibility index (Phi) is 0.885. The second-order valence-corrected chi connectivity index (χ2v) is 4.22. The van der Waals surface area contributed by atoms with Crippen LogP contribution in [0.1, 0.15) is 0 Å². The van der Waals surface area contributed by atoms with Crippen molar-refractivity contribution in [1.82, 2.24) is 0 Å². The standard InChI is InChI=1S/C3H5NO2Se/c4-3(1-7-3)2(5)6/h1,4H2,(H,5,6). The van der Waals surface area contributed by atoms with Crippen molar-refractivity contribution < 1.29 is 9.90 Å². The van der Waals surface area contributed by atoms with Crippen LogP contribution in [0.15, 0.2) is 0 Å². The number of rotatable bonds is 1. The van der Waals surface area contributed by atoms with Gasteiger partial charge >= 0.3 is 46.3 Å². The van der Waals surface area contributed by atoms with E-state index in [2.05, 4.69) is 0 Å². The van der Waals surface area contributed by atoms with Crippen LogP contribution in [0.25, 0.3) is 0 Å². The van der Waals surface area contributed by atoms with Crippen LogP contribution in [0.4, 0.5) is 0 Å². The Morgan fingerprint density at radius 1 is 2.00 bits per heavy atom. The zero-order valence-corrected chi connectivity index (χ0v) is 5.26. The number of carboxylic acids is 1. The number of carboxylic acid groups (broad SMARTS) is 1. The summed E-state index contributed by atoms with van der Waals surface area (Å²) >= 11 is 0.179. The maximum absolute atomic E-state index is 9.97. The van der Waals surface area contributed by atoms with Crippen LogP contribution in [-0.2, 0) is 4.79 Å². The molecule has 4 heteroatoms. The van der Waals surface area contributed by atoms with E-state index >= 15 is 0 Å². The van der Waals surface area contributed by atoms with Gasteiger partial charge in [-0.05, 0) is 0 Å². The molecule has 1 unspecified atom stereocenters. The van der Waals surface area contributed by atoms with Crippen LogP contribution in [0, 0.1) is 0 Å². The first-order valence-corrected chi connectivity index (χ1v) is 3.88. The fourth-order valence-corrected chi connectivity index (χ4v) is 1.05. The second kappa shape index (κ2) is 1.22. The van der Waals surface area contributed by atoms with Crippen LogP contribution in [-0.4, -0.2) is 30.5 Å². The molecular weight excluding hydrogens is 161 g/mol. The van der Waals surface area contributed by atoms with Gasteiger partial charge in [-0.15, -0.1) is 0 Å². The zero-order chi connectivity index (χ0) is 5.49. The van der Waals surface area contributed by atoms with Crippen molar-refractivity contribution in [2.45, 2.75) is 9.76 Å². The Morgan fingerprint density at radius 2 is 2.43 bits per heavy atom. The summed E-state index contributed by atoms with van der Waals surface area (Å²) in [5.41, 5.74) is 5.22. The van der Waals surface area contributed by atoms with Gasteiger partial charge in [0.15, 0.2) is 0 Å². The SMILES string of the molecule is NC1(C(=O)O)C[Se]1. The third-order valence-corrected chi connectivity index (χ3v) is 3.09. The zero-order valence-electron chi connectivity index (χ0n) is 3.55. The van der Waals surface area contributed by atoms with Crippen molar-refractivity contribution in [1.29, 1.82) is 0 Å². The fourth-order valence-electron chi connectivity index (χ4n) is 0.201. The van der Waals surface area contributed by atoms with Crippen LogP contribution in [0.5, 0.6) is 0 Å². The molecule has 0 aliphatic carbocycles. The van der Waals surface area contributed by atoms with E-state index in [9.17, 15) is 4.79 Å². The quantitative estimate of drug-likeness (QED) is 0.484. The van der Waals surface area contributed by atoms with Gasteiger partial charge in [-0.2, -0.15) is 0 Å². The molecule has 3 nitrogen and oxygen atoms in total. The Balaban J connectivity index is 2.55. The first-order chi connectivity index (χ1) is 3.15. The Labute approximate surface area is 47.0 Å². The molecule has 1 rings (SSSR count). The summed E-state index contributed by atoms with van der Waals surface area (Å²) < 4.78 is -0.771. The molecule has 40 valence electrons. The van der Waals surface area contributed by atoms with E-state index in [1.807, 2.05) is 0 Å². The van der Waals surface area contributed by atoms with E-state index in [-0.39, 0.29) is 15.0 Å². The van der Waals surface area contributed by atoms with Crippen LogP contribution >= 0.6 is 0 Å². The van der Waals surface area contributed by atoms with Crippen LogP contribution in [0.2, 0.25) is 5.32 Å². The summed E-state index contributed by atoms with van der Waals surface area (Å²) in [5.74, 6) is -0.840. The van der Waals surface area contributed by atoms with E-state index in [1.165, 1.54) is 0 Å². The van der Waals surface area contributed by atoms with Gasteiger partial charge in [-0.3, -0.25) is 0 Å². The Bertz CT molecular complexity index is 110. The van der Waals surface area contributed by atoms with Gasteiger partial charge in [0.1, 0.15) is 0 Å². The second-order valence-electron chi connectivity index (χ2n) is 1.48. The summed E-state index contributed by atoms with van der Waals surface area (Å²) in [7, 11) is 0. The Hall–Kier alpha value is -0.0505. The van der Waals surface area contributed by atoms with Gasteiger partial charge in [0.05, 0.1) is 0 Å². The molecule has 1 aliphatic rings. The van der Waals surface area contributed by atoms with Crippen molar-refractivity contribution in [2.75, 3.05) is 0 Å². The molecule has 7 heavy (non-hydrogen) atoms. The van der Waals surface area contributed by atoms with Crippen molar-refractivity contribution in [3.63, 3.8) is 0 Å². The summed E-state index contributed by atoms with van der Waals surface area (Å²) in [6.45, 7) is 0. The molecule has 0 radical (unpaired) electrons. The van der Waals surface area contributed by atoms with E-state index in [0.29, 0.717) is 5.32 Å². The third-order valence-electron chi connectivity index (χ3n) is 0.817. The van der Waals surface area contributed by atoms with Crippen LogP contribution in [0.3, 0.4) is 0 Å². The molecule has 0 spiro atoms. The minimum atomic E-state index is -0.840. The van der Waals surface area contributed by atoms with E-state index < -0.39 is 10.4 Å². The van der Waals surface area contributed by atoms with Gasteiger partial charge in [0.25, 0.3) is 0 Å². The van der Waals surface area contributed by atoms with Gasteiger partial charge in [0.2, 0.25) is 0 Å². The number of aliphatic carboxylic acids is 1. The van der Waals surface area contributed by atoms with E-state index in [1.54, 1.807) is 0 Å². The predicted octanol–water partition coefficient (Wildman–Crippen LogP) is -1.14. The van der Waals surface area contributed by atoms with E-state index in [0.717, 1.165) is 0 Å². The molecule has 0 saturated carbocycles. The molecule has 0 aromatic heterocycles. The molecule has 0 aromatic carbocycles. The molecule has 3 N–H and O–H groups in total. The predicted molar refractivity (Wildman–Crippen MR) is 25.1 cm³/mol. The molecule has 1 atom stereocenters. The summed E-state index contributed by atoms with van der Waals surface area (Å²) in [6, 6.07) is 0. The van der Waals surface area contributed by atoms with Crippen LogP contribution < -0.4 is 5.73 Å². The number of carbonyl (C=O) groups is 1. The third kappa shape index (κ3) is 0.774. The molecule has 1 fully saturated rings. The summed E-state index contributed by atoms with van der Waals surface area (Å²) in [6.07, 6.45) is 0. The van der Waals surface area contributed by atoms with Gasteiger partial charge in [-0.25, -0.2) is 0 Å². The molecule has 1 heterocycles. The van der Waals surface area contributed by atoms with E-state index in [4.69, 9.17) is 10.8 Å². The average Bonchev–Trinajstić information content (AvgIpc) is 2.21. The van der Waals surface area contributed by atoms with Gasteiger partial charge < -0.3 is 0 Å². The Morgan fingerprint density at radius 3 is 2.43 bits per heavy atom. The molecule has 1 saturated heterocycles. The fraction of sp³-hybridized carbons (Fsp3) is 0.667. The maximum atomic E-state index is 9.97. The summed E-state index contributed by atoms with van der Waals surface area (Å²) in [5, 5.41) is 8.91. The van der Waals surface area contributed by atoms with Crippen molar-refractivity contribution in [3.05, 3.63) is 0 Å². The molecule has 0 amide bonds. The molecule has 0 aromatic rings. The normalized spacial score (nSPS) is 37.9. The monoisotopic (exact) mass is 167 g/mol. The van der Waals surface area contributed by atoms with Gasteiger partial charge in [-0.1, -0.05) is 0 Å². The first kappa shape index (κ1) is 5.09. The van der Waals surface area contributed by atoms with Crippen molar-refractivity contribution >= 4 is 20.9 Å². The topological polar surface area (TPSA) is 63.3 Å². The molecular formula is C3H5NO2Se. The van der Waals surface area contributed by atoms with Gasteiger partial charge in [0, 0.05) is 0 Å². The molecule has 1 aliphatic heterocycles. The average molecular weight is 166 g/mol. The first-order valence-electron chi connectivity index (χ1n) is 1.81. The minimum absolute atomic E-state index is 0.179. The number of hydrogen-bond acceptors (Lipinski definition) is 2. The number of hydrogen-bond donors (Lipinski definition) is 2. The number of nitrogens with two attached hydrogens (primary N) is 1. The van der Waals surface area contributed by atoms with Crippen molar-refractivity contribution in [3.8, 4) is 0 Å². The summed E-state index contributed by atoms with van der Waals surface area (Å²) in [4.78, 5) is 9.97.